The number of hydrogen-bond acceptors (Lipinski definition) is 4. The molecule has 156 valence electrons. The highest BCUT2D eigenvalue weighted by Gasteiger charge is 2.51. The molecule has 29 heavy (non-hydrogen) atoms. The molecular weight excluding hydrogens is 383 g/mol. The lowest BCUT2D eigenvalue weighted by Crippen LogP contribution is -2.41. The van der Waals surface area contributed by atoms with Gasteiger partial charge >= 0.3 is 7.12 Å². The van der Waals surface area contributed by atoms with Crippen molar-refractivity contribution >= 4 is 29.9 Å². The first-order valence-electron chi connectivity index (χ1n) is 10.3. The summed E-state index contributed by atoms with van der Waals surface area (Å²) in [6.45, 7) is 13.4. The van der Waals surface area contributed by atoms with E-state index in [1.807, 2.05) is 12.1 Å². The van der Waals surface area contributed by atoms with Gasteiger partial charge in [0.15, 0.2) is 0 Å². The Labute approximate surface area is 180 Å². The second kappa shape index (κ2) is 8.69. The Morgan fingerprint density at radius 3 is 1.97 bits per heavy atom. The summed E-state index contributed by atoms with van der Waals surface area (Å²) in [6.07, 6.45) is 0. The molecule has 4 nitrogen and oxygen atoms in total. The molecule has 2 aromatic rings. The highest BCUT2D eigenvalue weighted by Crippen LogP contribution is 2.36. The molecule has 0 spiro atoms. The van der Waals surface area contributed by atoms with Crippen molar-refractivity contribution in [3.63, 3.8) is 0 Å². The number of anilines is 1. The summed E-state index contributed by atoms with van der Waals surface area (Å²) in [5.74, 6) is 0. The zero-order valence-electron chi connectivity index (χ0n) is 18.3. The molecule has 3 rings (SSSR count). The van der Waals surface area contributed by atoms with Gasteiger partial charge in [0, 0.05) is 23.3 Å². The minimum atomic E-state index is -0.344. The molecule has 0 saturated carbocycles. The Balaban J connectivity index is 1.73. The maximum absolute atomic E-state index is 6.15. The van der Waals surface area contributed by atoms with Crippen LogP contribution in [0.15, 0.2) is 48.5 Å². The minimum absolute atomic E-state index is 0.136. The van der Waals surface area contributed by atoms with Gasteiger partial charge in [0.25, 0.3) is 0 Å². The number of hydrogen-bond donors (Lipinski definition) is 2. The highest BCUT2D eigenvalue weighted by atomic mass is 35.5. The fourth-order valence-electron chi connectivity index (χ4n) is 3.22. The van der Waals surface area contributed by atoms with Crippen molar-refractivity contribution in [3.05, 3.63) is 59.1 Å². The fourth-order valence-corrected chi connectivity index (χ4v) is 3.34. The SMILES string of the molecule is CC(C)NCC(Nc1ccc(B2OC(C)(C)C(C)(C)O2)cc1)c1ccc(Cl)cc1. The largest absolute Gasteiger partial charge is 0.494 e. The molecule has 1 atom stereocenters. The van der Waals surface area contributed by atoms with Crippen LogP contribution in [0.1, 0.15) is 53.1 Å². The Morgan fingerprint density at radius 1 is 0.897 bits per heavy atom. The van der Waals surface area contributed by atoms with Crippen LogP contribution in [0, 0.1) is 0 Å². The summed E-state index contributed by atoms with van der Waals surface area (Å²) in [7, 11) is -0.344. The Hall–Kier alpha value is -1.53. The predicted molar refractivity (Wildman–Crippen MR) is 123 cm³/mol. The van der Waals surface area contributed by atoms with Gasteiger partial charge in [-0.3, -0.25) is 0 Å². The maximum Gasteiger partial charge on any atom is 0.494 e. The molecule has 1 aliphatic heterocycles. The zero-order valence-corrected chi connectivity index (χ0v) is 19.0. The molecule has 0 radical (unpaired) electrons. The van der Waals surface area contributed by atoms with Crippen molar-refractivity contribution in [2.75, 3.05) is 11.9 Å². The zero-order chi connectivity index (χ0) is 21.2. The number of rotatable bonds is 7. The molecular formula is C23H32BClN2O2. The summed E-state index contributed by atoms with van der Waals surface area (Å²) >= 11 is 6.06. The fraction of sp³-hybridized carbons (Fsp3) is 0.478. The van der Waals surface area contributed by atoms with E-state index in [1.165, 1.54) is 5.56 Å². The van der Waals surface area contributed by atoms with Crippen LogP contribution in [-0.2, 0) is 9.31 Å². The standard InChI is InChI=1S/C23H32BClN2O2/c1-16(2)26-15-21(17-7-11-19(25)12-8-17)27-20-13-9-18(10-14-20)24-28-22(3,4)23(5,6)29-24/h7-14,16,21,26-27H,15H2,1-6H3. The normalized spacial score (nSPS) is 18.8. The molecule has 1 heterocycles. The van der Waals surface area contributed by atoms with Crippen LogP contribution >= 0.6 is 11.6 Å². The van der Waals surface area contributed by atoms with Gasteiger partial charge in [-0.25, -0.2) is 0 Å². The third-order valence-electron chi connectivity index (χ3n) is 5.78. The van der Waals surface area contributed by atoms with Crippen molar-refractivity contribution in [2.24, 2.45) is 0 Å². The lowest BCUT2D eigenvalue weighted by atomic mass is 9.79. The van der Waals surface area contributed by atoms with E-state index >= 15 is 0 Å². The number of benzene rings is 2. The molecule has 0 aliphatic carbocycles. The van der Waals surface area contributed by atoms with Gasteiger partial charge in [0.2, 0.25) is 0 Å². The van der Waals surface area contributed by atoms with Crippen LogP contribution in [0.4, 0.5) is 5.69 Å². The van der Waals surface area contributed by atoms with Gasteiger partial charge < -0.3 is 19.9 Å². The van der Waals surface area contributed by atoms with E-state index in [9.17, 15) is 0 Å². The van der Waals surface area contributed by atoms with E-state index in [0.29, 0.717) is 6.04 Å². The van der Waals surface area contributed by atoms with E-state index < -0.39 is 0 Å². The Bertz CT molecular complexity index is 791. The first kappa shape index (κ1) is 22.2. The maximum atomic E-state index is 6.15. The summed E-state index contributed by atoms with van der Waals surface area (Å²) in [5, 5.41) is 7.90. The lowest BCUT2D eigenvalue weighted by molar-refractivity contribution is 0.00578. The summed E-state index contributed by atoms with van der Waals surface area (Å²) in [6, 6.07) is 16.9. The van der Waals surface area contributed by atoms with Crippen LogP contribution in [0.3, 0.4) is 0 Å². The van der Waals surface area contributed by atoms with Gasteiger partial charge in [-0.05, 0) is 63.0 Å². The minimum Gasteiger partial charge on any atom is -0.399 e. The summed E-state index contributed by atoms with van der Waals surface area (Å²) < 4.78 is 12.3. The molecule has 0 bridgehead atoms. The molecule has 2 N–H and O–H groups in total. The van der Waals surface area contributed by atoms with Gasteiger partial charge in [-0.1, -0.05) is 49.7 Å². The molecule has 0 amide bonds. The Morgan fingerprint density at radius 2 is 1.45 bits per heavy atom. The van der Waals surface area contributed by atoms with Crippen LogP contribution < -0.4 is 16.1 Å². The predicted octanol–water partition coefficient (Wildman–Crippen LogP) is 4.79. The summed E-state index contributed by atoms with van der Waals surface area (Å²) in [4.78, 5) is 0. The molecule has 1 aliphatic rings. The third-order valence-corrected chi connectivity index (χ3v) is 6.03. The van der Waals surface area contributed by atoms with Crippen molar-refractivity contribution in [3.8, 4) is 0 Å². The van der Waals surface area contributed by atoms with Gasteiger partial charge in [0.05, 0.1) is 17.2 Å². The second-order valence-corrected chi connectivity index (χ2v) is 9.46. The van der Waals surface area contributed by atoms with Crippen molar-refractivity contribution in [1.29, 1.82) is 0 Å². The van der Waals surface area contributed by atoms with Gasteiger partial charge in [0.1, 0.15) is 0 Å². The Kier molecular flexibility index (Phi) is 6.64. The van der Waals surface area contributed by atoms with Crippen molar-refractivity contribution < 1.29 is 9.31 Å². The molecule has 1 fully saturated rings. The topological polar surface area (TPSA) is 42.5 Å². The van der Waals surface area contributed by atoms with E-state index in [0.717, 1.165) is 22.7 Å². The number of halogens is 1. The smallest absolute Gasteiger partial charge is 0.399 e. The average molecular weight is 415 g/mol. The first-order chi connectivity index (χ1) is 13.6. The average Bonchev–Trinajstić information content (AvgIpc) is 2.87. The van der Waals surface area contributed by atoms with E-state index in [1.54, 1.807) is 0 Å². The lowest BCUT2D eigenvalue weighted by Gasteiger charge is -2.32. The van der Waals surface area contributed by atoms with Crippen LogP contribution in [-0.4, -0.2) is 30.9 Å². The van der Waals surface area contributed by atoms with E-state index in [4.69, 9.17) is 20.9 Å². The molecule has 2 aromatic carbocycles. The first-order valence-corrected chi connectivity index (χ1v) is 10.7. The van der Waals surface area contributed by atoms with Crippen LogP contribution in [0.5, 0.6) is 0 Å². The van der Waals surface area contributed by atoms with Gasteiger partial charge in [-0.2, -0.15) is 0 Å². The van der Waals surface area contributed by atoms with Gasteiger partial charge in [-0.15, -0.1) is 0 Å². The van der Waals surface area contributed by atoms with Crippen molar-refractivity contribution in [1.82, 2.24) is 5.32 Å². The van der Waals surface area contributed by atoms with E-state index in [-0.39, 0.29) is 24.4 Å². The second-order valence-electron chi connectivity index (χ2n) is 9.02. The quantitative estimate of drug-likeness (QED) is 0.639. The molecule has 1 unspecified atom stereocenters. The monoisotopic (exact) mass is 414 g/mol. The van der Waals surface area contributed by atoms with E-state index in [2.05, 4.69) is 88.6 Å². The third kappa shape index (κ3) is 5.34. The molecule has 1 saturated heterocycles. The highest BCUT2D eigenvalue weighted by molar-refractivity contribution is 6.62. The molecule has 0 aromatic heterocycles. The van der Waals surface area contributed by atoms with Crippen LogP contribution in [0.25, 0.3) is 0 Å². The van der Waals surface area contributed by atoms with Crippen LogP contribution in [0.2, 0.25) is 5.02 Å². The summed E-state index contributed by atoms with van der Waals surface area (Å²) in [5.41, 5.74) is 2.60. The van der Waals surface area contributed by atoms with Crippen molar-refractivity contribution in [2.45, 2.75) is 64.8 Å². The molecule has 6 heteroatoms. The number of nitrogens with one attached hydrogen (secondary N) is 2.